The zero-order valence-electron chi connectivity index (χ0n) is 11.4. The lowest BCUT2D eigenvalue weighted by atomic mass is 9.80. The number of carbonyl (C=O) groups is 2. The van der Waals surface area contributed by atoms with Crippen molar-refractivity contribution in [2.75, 3.05) is 6.54 Å². The molecule has 1 aliphatic rings. The van der Waals surface area contributed by atoms with Gasteiger partial charge in [-0.2, -0.15) is 13.2 Å². The molecule has 1 rings (SSSR count). The molecule has 0 aromatic carbocycles. The first kappa shape index (κ1) is 16.8. The van der Waals surface area contributed by atoms with Gasteiger partial charge in [-0.3, -0.25) is 9.59 Å². The van der Waals surface area contributed by atoms with Crippen LogP contribution in [-0.4, -0.2) is 29.7 Å². The van der Waals surface area contributed by atoms with Crippen LogP contribution in [0.4, 0.5) is 13.2 Å². The topological polar surface area (TPSA) is 66.4 Å². The van der Waals surface area contributed by atoms with Gasteiger partial charge in [-0.15, -0.1) is 0 Å². The molecular weight excluding hydrogens is 275 g/mol. The summed E-state index contributed by atoms with van der Waals surface area (Å²) in [6.07, 6.45) is -3.21. The Morgan fingerprint density at radius 3 is 2.50 bits per heavy atom. The molecule has 0 bridgehead atoms. The van der Waals surface area contributed by atoms with Crippen LogP contribution in [0.15, 0.2) is 0 Å². The monoisotopic (exact) mass is 295 g/mol. The van der Waals surface area contributed by atoms with Crippen LogP contribution in [0.1, 0.15) is 39.0 Å². The van der Waals surface area contributed by atoms with Crippen molar-refractivity contribution in [3.05, 3.63) is 0 Å². The van der Waals surface area contributed by atoms with Crippen LogP contribution in [0.25, 0.3) is 0 Å². The second-order valence-corrected chi connectivity index (χ2v) is 5.29. The van der Waals surface area contributed by atoms with E-state index in [1.807, 2.05) is 0 Å². The first-order valence-corrected chi connectivity index (χ1v) is 6.82. The molecule has 1 amide bonds. The maximum atomic E-state index is 12.6. The van der Waals surface area contributed by atoms with E-state index in [1.165, 1.54) is 0 Å². The highest BCUT2D eigenvalue weighted by Gasteiger charge is 2.43. The van der Waals surface area contributed by atoms with E-state index in [2.05, 4.69) is 5.32 Å². The van der Waals surface area contributed by atoms with Gasteiger partial charge in [-0.1, -0.05) is 13.3 Å². The molecule has 1 saturated carbocycles. The fourth-order valence-corrected chi connectivity index (χ4v) is 2.50. The minimum Gasteiger partial charge on any atom is -0.481 e. The number of nitrogens with one attached hydrogen (secondary N) is 1. The lowest BCUT2D eigenvalue weighted by Crippen LogP contribution is -2.40. The van der Waals surface area contributed by atoms with Crippen molar-refractivity contribution < 1.29 is 27.9 Å². The number of rotatable bonds is 5. The fourth-order valence-electron chi connectivity index (χ4n) is 2.50. The largest absolute Gasteiger partial charge is 0.481 e. The van der Waals surface area contributed by atoms with Gasteiger partial charge in [0.05, 0.1) is 11.8 Å². The molecule has 0 aromatic rings. The molecule has 0 aromatic heterocycles. The van der Waals surface area contributed by atoms with Gasteiger partial charge in [0, 0.05) is 12.5 Å². The van der Waals surface area contributed by atoms with Gasteiger partial charge in [0.1, 0.15) is 0 Å². The SMILES string of the molecule is CCC(CNC(=O)C1CCCC(C(F)(F)F)C1)C(=O)O. The van der Waals surface area contributed by atoms with E-state index in [-0.39, 0.29) is 19.4 Å². The van der Waals surface area contributed by atoms with E-state index in [4.69, 9.17) is 5.11 Å². The number of carbonyl (C=O) groups excluding carboxylic acids is 1. The number of carboxylic acids is 1. The molecule has 0 heterocycles. The molecule has 1 aliphatic carbocycles. The zero-order chi connectivity index (χ0) is 15.3. The van der Waals surface area contributed by atoms with Crippen molar-refractivity contribution in [1.29, 1.82) is 0 Å². The predicted molar refractivity (Wildman–Crippen MR) is 65.9 cm³/mol. The minimum atomic E-state index is -4.26. The summed E-state index contributed by atoms with van der Waals surface area (Å²) in [6.45, 7) is 1.66. The Morgan fingerprint density at radius 1 is 1.35 bits per heavy atom. The maximum Gasteiger partial charge on any atom is 0.391 e. The highest BCUT2D eigenvalue weighted by atomic mass is 19.4. The number of carboxylic acid groups (broad SMARTS) is 1. The third kappa shape index (κ3) is 4.68. The molecule has 0 radical (unpaired) electrons. The number of amides is 1. The number of hydrogen-bond acceptors (Lipinski definition) is 2. The van der Waals surface area contributed by atoms with E-state index in [9.17, 15) is 22.8 Å². The molecule has 1 fully saturated rings. The van der Waals surface area contributed by atoms with E-state index in [0.29, 0.717) is 19.3 Å². The Bertz CT molecular complexity index is 357. The lowest BCUT2D eigenvalue weighted by molar-refractivity contribution is -0.186. The number of halogens is 3. The Morgan fingerprint density at radius 2 is 2.00 bits per heavy atom. The average Bonchev–Trinajstić information content (AvgIpc) is 2.38. The molecule has 116 valence electrons. The van der Waals surface area contributed by atoms with Crippen LogP contribution >= 0.6 is 0 Å². The standard InChI is InChI=1S/C13H20F3NO3/c1-2-8(12(19)20)7-17-11(18)9-4-3-5-10(6-9)13(14,15)16/h8-10H,2-7H2,1H3,(H,17,18)(H,19,20). The maximum absolute atomic E-state index is 12.6. The average molecular weight is 295 g/mol. The van der Waals surface area contributed by atoms with Crippen LogP contribution in [-0.2, 0) is 9.59 Å². The highest BCUT2D eigenvalue weighted by Crippen LogP contribution is 2.39. The third-order valence-electron chi connectivity index (χ3n) is 3.87. The second kappa shape index (κ2) is 6.95. The van der Waals surface area contributed by atoms with Gasteiger partial charge in [0.2, 0.25) is 5.91 Å². The summed E-state index contributed by atoms with van der Waals surface area (Å²) in [5.74, 6) is -4.25. The zero-order valence-corrected chi connectivity index (χ0v) is 11.4. The summed E-state index contributed by atoms with van der Waals surface area (Å²) in [4.78, 5) is 22.6. The molecule has 7 heteroatoms. The normalized spacial score (nSPS) is 25.0. The molecule has 0 spiro atoms. The summed E-state index contributed by atoms with van der Waals surface area (Å²) in [7, 11) is 0. The summed E-state index contributed by atoms with van der Waals surface area (Å²) in [6, 6.07) is 0. The Kier molecular flexibility index (Phi) is 5.83. The molecule has 0 aliphatic heterocycles. The Labute approximate surface area is 115 Å². The smallest absolute Gasteiger partial charge is 0.391 e. The van der Waals surface area contributed by atoms with Crippen LogP contribution in [0.5, 0.6) is 0 Å². The molecule has 0 saturated heterocycles. The minimum absolute atomic E-state index is 0.0299. The van der Waals surface area contributed by atoms with Crippen LogP contribution in [0, 0.1) is 17.8 Å². The molecule has 4 nitrogen and oxygen atoms in total. The molecular formula is C13H20F3NO3. The van der Waals surface area contributed by atoms with E-state index < -0.39 is 35.8 Å². The van der Waals surface area contributed by atoms with Gasteiger partial charge >= 0.3 is 12.1 Å². The molecule has 3 atom stereocenters. The first-order valence-electron chi connectivity index (χ1n) is 6.82. The van der Waals surface area contributed by atoms with Crippen molar-refractivity contribution in [3.63, 3.8) is 0 Å². The highest BCUT2D eigenvalue weighted by molar-refractivity contribution is 5.79. The Hall–Kier alpha value is -1.27. The van der Waals surface area contributed by atoms with Gasteiger partial charge in [0.15, 0.2) is 0 Å². The molecule has 3 unspecified atom stereocenters. The van der Waals surface area contributed by atoms with Crippen molar-refractivity contribution in [2.24, 2.45) is 17.8 Å². The summed E-state index contributed by atoms with van der Waals surface area (Å²) < 4.78 is 37.9. The first-order chi connectivity index (χ1) is 9.25. The Balaban J connectivity index is 2.49. The molecule has 2 N–H and O–H groups in total. The van der Waals surface area contributed by atoms with Gasteiger partial charge in [0.25, 0.3) is 0 Å². The van der Waals surface area contributed by atoms with E-state index in [1.54, 1.807) is 6.92 Å². The van der Waals surface area contributed by atoms with Gasteiger partial charge in [-0.05, 0) is 25.7 Å². The number of hydrogen-bond donors (Lipinski definition) is 2. The number of alkyl halides is 3. The molecule has 20 heavy (non-hydrogen) atoms. The van der Waals surface area contributed by atoms with Gasteiger partial charge in [-0.25, -0.2) is 0 Å². The summed E-state index contributed by atoms with van der Waals surface area (Å²) in [5.41, 5.74) is 0. The van der Waals surface area contributed by atoms with Gasteiger partial charge < -0.3 is 10.4 Å². The lowest BCUT2D eigenvalue weighted by Gasteiger charge is -2.30. The van der Waals surface area contributed by atoms with Crippen LogP contribution in [0.3, 0.4) is 0 Å². The summed E-state index contributed by atoms with van der Waals surface area (Å²) in [5, 5.41) is 11.3. The van der Waals surface area contributed by atoms with Crippen molar-refractivity contribution in [1.82, 2.24) is 5.32 Å². The van der Waals surface area contributed by atoms with Crippen molar-refractivity contribution >= 4 is 11.9 Å². The van der Waals surface area contributed by atoms with Crippen LogP contribution < -0.4 is 5.32 Å². The van der Waals surface area contributed by atoms with Crippen molar-refractivity contribution in [3.8, 4) is 0 Å². The fraction of sp³-hybridized carbons (Fsp3) is 0.846. The van der Waals surface area contributed by atoms with Crippen LogP contribution in [0.2, 0.25) is 0 Å². The summed E-state index contributed by atoms with van der Waals surface area (Å²) >= 11 is 0. The van der Waals surface area contributed by atoms with E-state index >= 15 is 0 Å². The quantitative estimate of drug-likeness (QED) is 0.819. The predicted octanol–water partition coefficient (Wildman–Crippen LogP) is 2.58. The third-order valence-corrected chi connectivity index (χ3v) is 3.87. The van der Waals surface area contributed by atoms with E-state index in [0.717, 1.165) is 0 Å². The second-order valence-electron chi connectivity index (χ2n) is 5.29. The number of aliphatic carboxylic acids is 1. The van der Waals surface area contributed by atoms with Crippen molar-refractivity contribution in [2.45, 2.75) is 45.2 Å².